The number of carbonyl (C=O) groups excluding carboxylic acids is 2. The molecule has 2 aromatic carbocycles. The van der Waals surface area contributed by atoms with E-state index in [0.29, 0.717) is 30.6 Å². The lowest BCUT2D eigenvalue weighted by Crippen LogP contribution is -2.45. The van der Waals surface area contributed by atoms with Gasteiger partial charge in [0.1, 0.15) is 5.82 Å². The number of rotatable bonds is 5. The Morgan fingerprint density at radius 3 is 2.28 bits per heavy atom. The Labute approximate surface area is 214 Å². The first-order chi connectivity index (χ1) is 17.3. The zero-order valence-corrected chi connectivity index (χ0v) is 20.4. The standard InChI is InChI=1S/C25H22ClF3N4O2S/c26-15-11-16(27)13-19(12-15)32-25(33-23(34)14-3-8-20(28)21(29)10-14)31-18-6-4-17(5-7-18)30-24(35)22-2-1-9-36-22/h1-3,8-13,17-18H,4-7H2,(H,30,35)(H2,31,32,33,34)/t17-,18-. The molecule has 4 rings (SSSR count). The Morgan fingerprint density at radius 1 is 0.917 bits per heavy atom. The highest BCUT2D eigenvalue weighted by atomic mass is 35.5. The summed E-state index contributed by atoms with van der Waals surface area (Å²) >= 11 is 7.31. The van der Waals surface area contributed by atoms with Crippen LogP contribution >= 0.6 is 22.9 Å². The molecule has 0 atom stereocenters. The Morgan fingerprint density at radius 2 is 1.64 bits per heavy atom. The van der Waals surface area contributed by atoms with Crippen molar-refractivity contribution in [2.24, 2.45) is 4.99 Å². The molecule has 11 heteroatoms. The zero-order chi connectivity index (χ0) is 25.7. The van der Waals surface area contributed by atoms with Gasteiger partial charge in [0.2, 0.25) is 5.96 Å². The number of nitrogens with zero attached hydrogens (tertiary/aromatic N) is 1. The number of anilines is 1. The third kappa shape index (κ3) is 6.86. The highest BCUT2D eigenvalue weighted by Gasteiger charge is 2.24. The van der Waals surface area contributed by atoms with Gasteiger partial charge in [-0.25, -0.2) is 13.2 Å². The maximum Gasteiger partial charge on any atom is 0.280 e. The predicted octanol–water partition coefficient (Wildman–Crippen LogP) is 5.76. The molecule has 0 bridgehead atoms. The van der Waals surface area contributed by atoms with Crippen molar-refractivity contribution in [1.29, 1.82) is 0 Å². The van der Waals surface area contributed by atoms with Crippen molar-refractivity contribution in [2.75, 3.05) is 5.32 Å². The minimum atomic E-state index is -1.17. The average Bonchev–Trinajstić information content (AvgIpc) is 3.36. The van der Waals surface area contributed by atoms with Crippen LogP contribution in [0.1, 0.15) is 45.7 Å². The fourth-order valence-corrected chi connectivity index (χ4v) is 4.74. The lowest BCUT2D eigenvalue weighted by molar-refractivity contribution is 0.0928. The van der Waals surface area contributed by atoms with Crippen molar-refractivity contribution in [3.63, 3.8) is 0 Å². The number of hydrogen-bond acceptors (Lipinski definition) is 3. The van der Waals surface area contributed by atoms with Gasteiger partial charge in [0.25, 0.3) is 11.8 Å². The number of amides is 2. The van der Waals surface area contributed by atoms with Crippen molar-refractivity contribution in [3.8, 4) is 0 Å². The molecule has 6 nitrogen and oxygen atoms in total. The largest absolute Gasteiger partial charge is 0.353 e. The second kappa shape index (κ2) is 11.6. The number of carbonyl (C=O) groups is 2. The monoisotopic (exact) mass is 534 g/mol. The van der Waals surface area contributed by atoms with Gasteiger partial charge < -0.3 is 16.0 Å². The molecule has 2 amide bonds. The second-order valence-electron chi connectivity index (χ2n) is 8.32. The maximum absolute atomic E-state index is 13.8. The van der Waals surface area contributed by atoms with E-state index in [1.54, 1.807) is 6.07 Å². The number of thiophene rings is 1. The molecule has 0 spiro atoms. The van der Waals surface area contributed by atoms with Crippen molar-refractivity contribution < 1.29 is 22.8 Å². The van der Waals surface area contributed by atoms with Gasteiger partial charge in [-0.15, -0.1) is 11.3 Å². The van der Waals surface area contributed by atoms with Crippen LogP contribution in [-0.2, 0) is 0 Å². The van der Waals surface area contributed by atoms with Crippen LogP contribution in [0, 0.1) is 17.5 Å². The molecule has 36 heavy (non-hydrogen) atoms. The molecule has 0 saturated heterocycles. The predicted molar refractivity (Wildman–Crippen MR) is 134 cm³/mol. The molecule has 0 radical (unpaired) electrons. The van der Waals surface area contributed by atoms with Gasteiger partial charge >= 0.3 is 0 Å². The third-order valence-corrected chi connectivity index (χ3v) is 6.74. The maximum atomic E-state index is 13.8. The van der Waals surface area contributed by atoms with E-state index < -0.39 is 23.4 Å². The number of benzene rings is 2. The molecule has 1 saturated carbocycles. The lowest BCUT2D eigenvalue weighted by atomic mass is 9.91. The van der Waals surface area contributed by atoms with E-state index in [0.717, 1.165) is 24.3 Å². The second-order valence-corrected chi connectivity index (χ2v) is 9.71. The van der Waals surface area contributed by atoms with E-state index in [2.05, 4.69) is 20.9 Å². The van der Waals surface area contributed by atoms with Gasteiger partial charge in [-0.3, -0.25) is 9.59 Å². The number of aliphatic imine (C=N–C) groups is 1. The van der Waals surface area contributed by atoms with Crippen LogP contribution in [0.25, 0.3) is 0 Å². The van der Waals surface area contributed by atoms with E-state index in [9.17, 15) is 22.8 Å². The van der Waals surface area contributed by atoms with Crippen LogP contribution in [0.2, 0.25) is 5.02 Å². The summed E-state index contributed by atoms with van der Waals surface area (Å²) in [7, 11) is 0. The van der Waals surface area contributed by atoms with Crippen LogP contribution in [-0.4, -0.2) is 29.9 Å². The minimum absolute atomic E-state index is 0.0110. The summed E-state index contributed by atoms with van der Waals surface area (Å²) in [4.78, 5) is 29.6. The Hall–Kier alpha value is -3.37. The van der Waals surface area contributed by atoms with E-state index in [1.165, 1.54) is 23.5 Å². The van der Waals surface area contributed by atoms with Gasteiger partial charge in [0, 0.05) is 28.4 Å². The number of nitrogens with one attached hydrogen (secondary N) is 3. The van der Waals surface area contributed by atoms with E-state index >= 15 is 0 Å². The van der Waals surface area contributed by atoms with Crippen molar-refractivity contribution in [2.45, 2.75) is 37.8 Å². The van der Waals surface area contributed by atoms with Crippen molar-refractivity contribution in [1.82, 2.24) is 10.6 Å². The minimum Gasteiger partial charge on any atom is -0.353 e. The molecule has 1 aliphatic rings. The summed E-state index contributed by atoms with van der Waals surface area (Å²) in [6.45, 7) is 0. The lowest BCUT2D eigenvalue weighted by Gasteiger charge is -2.30. The molecule has 1 fully saturated rings. The van der Waals surface area contributed by atoms with E-state index in [4.69, 9.17) is 11.6 Å². The number of guanidine groups is 1. The Kier molecular flexibility index (Phi) is 8.27. The summed E-state index contributed by atoms with van der Waals surface area (Å²) in [6, 6.07) is 10.0. The first kappa shape index (κ1) is 25.7. The van der Waals surface area contributed by atoms with Crippen molar-refractivity contribution >= 4 is 46.4 Å². The van der Waals surface area contributed by atoms with Gasteiger partial charge in [-0.05, 0) is 73.5 Å². The fraction of sp³-hybridized carbons (Fsp3) is 0.240. The van der Waals surface area contributed by atoms with Gasteiger partial charge in [-0.1, -0.05) is 17.7 Å². The summed E-state index contributed by atoms with van der Waals surface area (Å²) in [5.74, 6) is -3.74. The molecule has 0 aliphatic heterocycles. The third-order valence-electron chi connectivity index (χ3n) is 5.65. The summed E-state index contributed by atoms with van der Waals surface area (Å²) in [5, 5.41) is 11.0. The highest BCUT2D eigenvalue weighted by molar-refractivity contribution is 7.12. The molecule has 1 aromatic heterocycles. The van der Waals surface area contributed by atoms with E-state index in [-0.39, 0.29) is 40.2 Å². The number of hydrogen-bond donors (Lipinski definition) is 3. The topological polar surface area (TPSA) is 82.6 Å². The quantitative estimate of drug-likeness (QED) is 0.287. The van der Waals surface area contributed by atoms with Gasteiger partial charge in [0.15, 0.2) is 11.6 Å². The molecule has 3 N–H and O–H groups in total. The first-order valence-corrected chi connectivity index (χ1v) is 12.4. The highest BCUT2D eigenvalue weighted by Crippen LogP contribution is 2.22. The van der Waals surface area contributed by atoms with Crippen LogP contribution in [0.3, 0.4) is 0 Å². The molecule has 1 aliphatic carbocycles. The smallest absolute Gasteiger partial charge is 0.280 e. The zero-order valence-electron chi connectivity index (χ0n) is 18.9. The van der Waals surface area contributed by atoms with Crippen molar-refractivity contribution in [3.05, 3.63) is 86.8 Å². The summed E-state index contributed by atoms with van der Waals surface area (Å²) < 4.78 is 40.7. The van der Waals surface area contributed by atoms with Gasteiger partial charge in [0.05, 0.1) is 4.88 Å². The fourth-order valence-electron chi connectivity index (χ4n) is 3.89. The molecule has 3 aromatic rings. The number of halogens is 4. The summed E-state index contributed by atoms with van der Waals surface area (Å²) in [5.41, 5.74) is 0.105. The first-order valence-electron chi connectivity index (χ1n) is 11.2. The molecular formula is C25H22ClF3N4O2S. The molecule has 0 unspecified atom stereocenters. The summed E-state index contributed by atoms with van der Waals surface area (Å²) in [6.07, 6.45) is 2.73. The van der Waals surface area contributed by atoms with E-state index in [1.807, 2.05) is 11.4 Å². The average molecular weight is 535 g/mol. The Balaban J connectivity index is 1.45. The van der Waals surface area contributed by atoms with Crippen LogP contribution in [0.5, 0.6) is 0 Å². The Bertz CT molecular complexity index is 1260. The van der Waals surface area contributed by atoms with Gasteiger partial charge in [-0.2, -0.15) is 4.99 Å². The SMILES string of the molecule is O=C(/N=C(/Nc1cc(F)cc(Cl)c1)N[C@H]1CC[C@H](NC(=O)c2cccs2)CC1)c1ccc(F)c(F)c1. The van der Waals surface area contributed by atoms with Crippen LogP contribution in [0.15, 0.2) is 58.9 Å². The van der Waals surface area contributed by atoms with Crippen LogP contribution < -0.4 is 16.0 Å². The molecule has 1 heterocycles. The normalized spacial score (nSPS) is 17.9. The van der Waals surface area contributed by atoms with Crippen LogP contribution in [0.4, 0.5) is 18.9 Å². The molecule has 188 valence electrons. The molecular weight excluding hydrogens is 513 g/mol.